The van der Waals surface area contributed by atoms with Crippen LogP contribution in [0.15, 0.2) is 11.6 Å². The topological polar surface area (TPSA) is 38.9 Å². The van der Waals surface area contributed by atoms with Crippen LogP contribution in [0.1, 0.15) is 18.1 Å². The number of thiazole rings is 1. The lowest BCUT2D eigenvalue weighted by molar-refractivity contribution is 1.14. The summed E-state index contributed by atoms with van der Waals surface area (Å²) in [5, 5.41) is 0. The molecule has 3 heteroatoms. The van der Waals surface area contributed by atoms with Crippen LogP contribution in [0.5, 0.6) is 0 Å². The van der Waals surface area contributed by atoms with Crippen molar-refractivity contribution >= 4 is 27.2 Å². The first kappa shape index (κ1) is 8.51. The maximum atomic E-state index is 6.01. The van der Waals surface area contributed by atoms with Crippen LogP contribution in [0.2, 0.25) is 0 Å². The molecular formula is C10H12N2S. The van der Waals surface area contributed by atoms with E-state index in [4.69, 9.17) is 5.73 Å². The van der Waals surface area contributed by atoms with Gasteiger partial charge in [0.05, 0.1) is 21.4 Å². The molecule has 68 valence electrons. The summed E-state index contributed by atoms with van der Waals surface area (Å²) in [6.07, 6.45) is 0.987. The maximum Gasteiger partial charge on any atom is 0.0862 e. The molecule has 0 bridgehead atoms. The number of nitrogens with two attached hydrogens (primary N) is 1. The van der Waals surface area contributed by atoms with E-state index >= 15 is 0 Å². The molecule has 0 atom stereocenters. The Balaban J connectivity index is 2.85. The highest BCUT2D eigenvalue weighted by Crippen LogP contribution is 2.30. The Labute approximate surface area is 81.4 Å². The monoisotopic (exact) mass is 192 g/mol. The van der Waals surface area contributed by atoms with Crippen molar-refractivity contribution in [2.24, 2.45) is 0 Å². The Morgan fingerprint density at radius 3 is 3.00 bits per heavy atom. The van der Waals surface area contributed by atoms with Crippen LogP contribution in [0.3, 0.4) is 0 Å². The average Bonchev–Trinajstić information content (AvgIpc) is 2.60. The van der Waals surface area contributed by atoms with Gasteiger partial charge in [0.15, 0.2) is 0 Å². The number of nitrogens with zero attached hydrogens (tertiary/aromatic N) is 1. The molecule has 0 aliphatic rings. The van der Waals surface area contributed by atoms with Gasteiger partial charge in [-0.05, 0) is 24.5 Å². The van der Waals surface area contributed by atoms with Gasteiger partial charge in [0, 0.05) is 0 Å². The molecule has 1 heterocycles. The Morgan fingerprint density at radius 2 is 2.31 bits per heavy atom. The third-order valence-corrected chi connectivity index (χ3v) is 3.16. The lowest BCUT2D eigenvalue weighted by Gasteiger charge is -2.05. The van der Waals surface area contributed by atoms with Gasteiger partial charge in [-0.15, -0.1) is 11.3 Å². The summed E-state index contributed by atoms with van der Waals surface area (Å²) in [5.41, 5.74) is 12.3. The van der Waals surface area contributed by atoms with E-state index in [9.17, 15) is 0 Å². The Hall–Kier alpha value is -1.09. The van der Waals surface area contributed by atoms with Crippen molar-refractivity contribution in [3.05, 3.63) is 22.7 Å². The molecule has 0 aliphatic carbocycles. The predicted molar refractivity (Wildman–Crippen MR) is 58.1 cm³/mol. The molecule has 2 nitrogen and oxygen atoms in total. The molecule has 2 N–H and O–H groups in total. The van der Waals surface area contributed by atoms with E-state index in [2.05, 4.69) is 24.9 Å². The number of anilines is 1. The smallest absolute Gasteiger partial charge is 0.0862 e. The highest BCUT2D eigenvalue weighted by atomic mass is 32.1. The molecule has 1 aromatic heterocycles. The molecule has 13 heavy (non-hydrogen) atoms. The van der Waals surface area contributed by atoms with Gasteiger partial charge in [0.2, 0.25) is 0 Å². The summed E-state index contributed by atoms with van der Waals surface area (Å²) in [4.78, 5) is 4.29. The van der Waals surface area contributed by atoms with Crippen LogP contribution >= 0.6 is 11.3 Å². The number of benzene rings is 1. The van der Waals surface area contributed by atoms with Crippen LogP contribution in [-0.2, 0) is 6.42 Å². The Kier molecular flexibility index (Phi) is 1.96. The van der Waals surface area contributed by atoms with Crippen LogP contribution in [0.4, 0.5) is 5.69 Å². The molecule has 0 fully saturated rings. The van der Waals surface area contributed by atoms with Crippen LogP contribution in [0.25, 0.3) is 10.2 Å². The molecule has 0 saturated heterocycles. The number of aryl methyl sites for hydroxylation is 2. The van der Waals surface area contributed by atoms with Crippen molar-refractivity contribution in [1.29, 1.82) is 0 Å². The minimum absolute atomic E-state index is 0.908. The second-order valence-corrected chi connectivity index (χ2v) is 4.00. The molecule has 0 unspecified atom stereocenters. The Bertz CT molecular complexity index is 445. The zero-order valence-corrected chi connectivity index (χ0v) is 8.61. The van der Waals surface area contributed by atoms with E-state index in [1.54, 1.807) is 11.3 Å². The number of aromatic nitrogens is 1. The van der Waals surface area contributed by atoms with Crippen molar-refractivity contribution < 1.29 is 0 Å². The second kappa shape index (κ2) is 3.00. The van der Waals surface area contributed by atoms with Crippen LogP contribution in [-0.4, -0.2) is 4.98 Å². The summed E-state index contributed by atoms with van der Waals surface area (Å²) in [7, 11) is 0. The summed E-state index contributed by atoms with van der Waals surface area (Å²) < 4.78 is 1.14. The largest absolute Gasteiger partial charge is 0.397 e. The number of fused-ring (bicyclic) bond motifs is 1. The van der Waals surface area contributed by atoms with Crippen molar-refractivity contribution in [2.75, 3.05) is 5.73 Å². The summed E-state index contributed by atoms with van der Waals surface area (Å²) in [6.45, 7) is 4.21. The highest BCUT2D eigenvalue weighted by molar-refractivity contribution is 7.17. The van der Waals surface area contributed by atoms with E-state index < -0.39 is 0 Å². The quantitative estimate of drug-likeness (QED) is 0.706. The molecule has 0 radical (unpaired) electrons. The number of rotatable bonds is 1. The van der Waals surface area contributed by atoms with Gasteiger partial charge < -0.3 is 5.73 Å². The van der Waals surface area contributed by atoms with Gasteiger partial charge >= 0.3 is 0 Å². The Morgan fingerprint density at radius 1 is 1.54 bits per heavy atom. The standard InChI is InChI=1S/C10H12N2S/c1-3-7-4-6(2)9-10(8(7)11)13-5-12-9/h4-5H,3,11H2,1-2H3. The lowest BCUT2D eigenvalue weighted by atomic mass is 10.1. The average molecular weight is 192 g/mol. The number of hydrogen-bond acceptors (Lipinski definition) is 3. The van der Waals surface area contributed by atoms with Gasteiger partial charge in [-0.1, -0.05) is 13.0 Å². The van der Waals surface area contributed by atoms with Crippen molar-refractivity contribution in [3.8, 4) is 0 Å². The molecule has 2 aromatic rings. The normalized spacial score (nSPS) is 10.9. The third-order valence-electron chi connectivity index (χ3n) is 2.30. The first-order chi connectivity index (χ1) is 6.24. The highest BCUT2D eigenvalue weighted by Gasteiger charge is 2.07. The van der Waals surface area contributed by atoms with Gasteiger partial charge in [-0.25, -0.2) is 4.98 Å². The van der Waals surface area contributed by atoms with E-state index in [0.29, 0.717) is 0 Å². The third kappa shape index (κ3) is 1.20. The number of nitrogen functional groups attached to an aromatic ring is 1. The van der Waals surface area contributed by atoms with E-state index in [-0.39, 0.29) is 0 Å². The van der Waals surface area contributed by atoms with Gasteiger partial charge in [-0.3, -0.25) is 0 Å². The first-order valence-corrected chi connectivity index (χ1v) is 5.23. The minimum atomic E-state index is 0.908. The fraction of sp³-hybridized carbons (Fsp3) is 0.300. The second-order valence-electron chi connectivity index (χ2n) is 3.15. The fourth-order valence-corrected chi connectivity index (χ4v) is 2.41. The lowest BCUT2D eigenvalue weighted by Crippen LogP contribution is -1.94. The maximum absolute atomic E-state index is 6.01. The molecule has 0 spiro atoms. The van der Waals surface area contributed by atoms with Crippen LogP contribution < -0.4 is 5.73 Å². The van der Waals surface area contributed by atoms with E-state index in [0.717, 1.165) is 22.3 Å². The zero-order chi connectivity index (χ0) is 9.42. The van der Waals surface area contributed by atoms with Crippen molar-refractivity contribution in [2.45, 2.75) is 20.3 Å². The van der Waals surface area contributed by atoms with E-state index in [1.807, 2.05) is 5.51 Å². The molecular weight excluding hydrogens is 180 g/mol. The SMILES string of the molecule is CCc1cc(C)c2ncsc2c1N. The van der Waals surface area contributed by atoms with Crippen molar-refractivity contribution in [1.82, 2.24) is 4.98 Å². The van der Waals surface area contributed by atoms with Gasteiger partial charge in [-0.2, -0.15) is 0 Å². The van der Waals surface area contributed by atoms with Crippen LogP contribution in [0, 0.1) is 6.92 Å². The van der Waals surface area contributed by atoms with E-state index in [1.165, 1.54) is 11.1 Å². The molecule has 0 saturated carbocycles. The molecule has 0 amide bonds. The number of hydrogen-bond donors (Lipinski definition) is 1. The summed E-state index contributed by atoms with van der Waals surface area (Å²) in [5.74, 6) is 0. The predicted octanol–water partition coefficient (Wildman–Crippen LogP) is 2.75. The molecule has 0 aliphatic heterocycles. The molecule has 1 aromatic carbocycles. The zero-order valence-electron chi connectivity index (χ0n) is 7.79. The summed E-state index contributed by atoms with van der Waals surface area (Å²) >= 11 is 1.62. The minimum Gasteiger partial charge on any atom is -0.397 e. The summed E-state index contributed by atoms with van der Waals surface area (Å²) in [6, 6.07) is 2.14. The van der Waals surface area contributed by atoms with Gasteiger partial charge in [0.25, 0.3) is 0 Å². The van der Waals surface area contributed by atoms with Crippen molar-refractivity contribution in [3.63, 3.8) is 0 Å². The fourth-order valence-electron chi connectivity index (χ4n) is 1.56. The first-order valence-electron chi connectivity index (χ1n) is 4.35. The van der Waals surface area contributed by atoms with Gasteiger partial charge in [0.1, 0.15) is 0 Å². The molecule has 2 rings (SSSR count).